The van der Waals surface area contributed by atoms with Gasteiger partial charge in [-0.1, -0.05) is 49.7 Å². The van der Waals surface area contributed by atoms with Gasteiger partial charge in [0.05, 0.1) is 0 Å². The van der Waals surface area contributed by atoms with Gasteiger partial charge in [0.15, 0.2) is 17.5 Å². The van der Waals surface area contributed by atoms with E-state index in [1.165, 1.54) is 11.6 Å². The molecule has 0 saturated heterocycles. The zero-order chi connectivity index (χ0) is 19.6. The largest absolute Gasteiger partial charge is 0.204 e. The number of halogens is 3. The summed E-state index contributed by atoms with van der Waals surface area (Å²) in [5.74, 6) is -3.66. The Morgan fingerprint density at radius 1 is 0.704 bits per heavy atom. The monoisotopic (exact) mass is 388 g/mol. The average molecular weight is 388 g/mol. The number of hydrogen-bond acceptors (Lipinski definition) is 0. The van der Waals surface area contributed by atoms with Crippen LogP contribution in [0.1, 0.15) is 18.9 Å². The van der Waals surface area contributed by atoms with Crippen LogP contribution in [-0.2, 0) is 6.42 Å². The normalized spacial score (nSPS) is 12.2. The zero-order valence-corrected chi connectivity index (χ0v) is 16.5. The molecule has 0 nitrogen and oxygen atoms in total. The molecule has 0 radical (unpaired) electrons. The molecule has 0 aromatic heterocycles. The fourth-order valence-corrected chi connectivity index (χ4v) is 5.19. The van der Waals surface area contributed by atoms with Crippen LogP contribution in [-0.4, -0.2) is 12.5 Å². The molecule has 0 saturated carbocycles. The minimum absolute atomic E-state index is 0.220. The van der Waals surface area contributed by atoms with Crippen molar-refractivity contribution in [3.63, 3.8) is 0 Å². The quantitative estimate of drug-likeness (QED) is 0.405. The van der Waals surface area contributed by atoms with Gasteiger partial charge in [-0.05, 0) is 64.8 Å². The molecule has 0 aliphatic rings. The summed E-state index contributed by atoms with van der Waals surface area (Å²) in [5.41, 5.74) is 3.51. The summed E-state index contributed by atoms with van der Waals surface area (Å²) < 4.78 is 41.2. The standard InChI is InChI=1S/C23H23F3S/c1-4-5-16-6-8-17(9-7-16)18-10-12-19(13-11-18)27(2,3)21-15-14-20(24)22(25)23(21)26/h6-15H,4-5H2,1-3H3. The molecule has 0 heterocycles. The lowest BCUT2D eigenvalue weighted by Gasteiger charge is -2.32. The highest BCUT2D eigenvalue weighted by atomic mass is 32.3. The lowest BCUT2D eigenvalue weighted by molar-refractivity contribution is 0.435. The van der Waals surface area contributed by atoms with Gasteiger partial charge < -0.3 is 0 Å². The Hall–Kier alpha value is -2.20. The minimum atomic E-state index is -1.80. The first kappa shape index (κ1) is 19.6. The van der Waals surface area contributed by atoms with Crippen LogP contribution in [0.2, 0.25) is 0 Å². The van der Waals surface area contributed by atoms with Gasteiger partial charge in [0, 0.05) is 4.90 Å². The summed E-state index contributed by atoms with van der Waals surface area (Å²) in [6.45, 7) is 2.16. The fourth-order valence-electron chi connectivity index (χ4n) is 3.17. The Morgan fingerprint density at radius 2 is 1.26 bits per heavy atom. The lowest BCUT2D eigenvalue weighted by atomic mass is 10.0. The highest BCUT2D eigenvalue weighted by molar-refractivity contribution is 8.32. The number of aryl methyl sites for hydroxylation is 1. The molecule has 0 bridgehead atoms. The van der Waals surface area contributed by atoms with Crippen LogP contribution in [0.4, 0.5) is 13.2 Å². The molecule has 3 aromatic rings. The number of benzene rings is 3. The van der Waals surface area contributed by atoms with E-state index in [2.05, 4.69) is 31.2 Å². The first-order valence-electron chi connectivity index (χ1n) is 8.91. The molecular formula is C23H23F3S. The summed E-state index contributed by atoms with van der Waals surface area (Å²) in [6.07, 6.45) is 5.96. The van der Waals surface area contributed by atoms with E-state index >= 15 is 0 Å². The fraction of sp³-hybridized carbons (Fsp3) is 0.217. The lowest BCUT2D eigenvalue weighted by Crippen LogP contribution is -2.04. The average Bonchev–Trinajstić information content (AvgIpc) is 2.67. The topological polar surface area (TPSA) is 0 Å². The SMILES string of the molecule is CCCc1ccc(-c2ccc(S(C)(C)c3ccc(F)c(F)c3F)cc2)cc1. The molecule has 0 spiro atoms. The Bertz CT molecular complexity index is 929. The van der Waals surface area contributed by atoms with E-state index in [9.17, 15) is 13.2 Å². The van der Waals surface area contributed by atoms with Crippen LogP contribution < -0.4 is 0 Å². The Morgan fingerprint density at radius 3 is 1.81 bits per heavy atom. The van der Waals surface area contributed by atoms with E-state index in [0.717, 1.165) is 34.9 Å². The van der Waals surface area contributed by atoms with Crippen LogP contribution in [0.25, 0.3) is 11.1 Å². The molecule has 4 heteroatoms. The third kappa shape index (κ3) is 3.91. The van der Waals surface area contributed by atoms with Crippen LogP contribution in [0.15, 0.2) is 70.5 Å². The van der Waals surface area contributed by atoms with Gasteiger partial charge in [-0.15, -0.1) is 0 Å². The molecule has 0 aliphatic carbocycles. The third-order valence-corrected chi connectivity index (χ3v) is 7.68. The molecule has 3 aromatic carbocycles. The van der Waals surface area contributed by atoms with Crippen molar-refractivity contribution in [2.24, 2.45) is 0 Å². The first-order valence-corrected chi connectivity index (χ1v) is 11.4. The van der Waals surface area contributed by atoms with E-state index in [1.54, 1.807) is 0 Å². The van der Waals surface area contributed by atoms with Crippen LogP contribution in [0, 0.1) is 17.5 Å². The molecule has 0 unspecified atom stereocenters. The van der Waals surface area contributed by atoms with Crippen molar-refractivity contribution in [3.8, 4) is 11.1 Å². The van der Waals surface area contributed by atoms with Gasteiger partial charge in [-0.25, -0.2) is 13.2 Å². The number of rotatable bonds is 5. The van der Waals surface area contributed by atoms with Crippen molar-refractivity contribution < 1.29 is 13.2 Å². The maximum Gasteiger partial charge on any atom is 0.195 e. The van der Waals surface area contributed by atoms with E-state index in [1.807, 2.05) is 36.8 Å². The summed E-state index contributed by atoms with van der Waals surface area (Å²) >= 11 is 0. The molecule has 0 fully saturated rings. The second-order valence-electron chi connectivity index (χ2n) is 6.97. The molecule has 0 atom stereocenters. The zero-order valence-electron chi connectivity index (χ0n) is 15.7. The maximum atomic E-state index is 14.3. The summed E-state index contributed by atoms with van der Waals surface area (Å²) in [4.78, 5) is 1.14. The highest BCUT2D eigenvalue weighted by Gasteiger charge is 2.25. The smallest absolute Gasteiger partial charge is 0.195 e. The molecule has 0 aliphatic heterocycles. The maximum absolute atomic E-state index is 14.3. The van der Waals surface area contributed by atoms with Crippen molar-refractivity contribution in [1.29, 1.82) is 0 Å². The Kier molecular flexibility index (Phi) is 5.66. The van der Waals surface area contributed by atoms with Gasteiger partial charge >= 0.3 is 0 Å². The van der Waals surface area contributed by atoms with Crippen LogP contribution in [0.5, 0.6) is 0 Å². The van der Waals surface area contributed by atoms with Gasteiger partial charge in [-0.3, -0.25) is 0 Å². The van der Waals surface area contributed by atoms with E-state index in [4.69, 9.17) is 0 Å². The van der Waals surface area contributed by atoms with Crippen molar-refractivity contribution in [2.45, 2.75) is 29.6 Å². The van der Waals surface area contributed by atoms with Gasteiger partial charge in [0.2, 0.25) is 0 Å². The Labute approximate surface area is 160 Å². The summed E-state index contributed by atoms with van der Waals surface area (Å²) in [7, 11) is -1.80. The van der Waals surface area contributed by atoms with Crippen LogP contribution >= 0.6 is 10.0 Å². The molecule has 0 N–H and O–H groups in total. The highest BCUT2D eigenvalue weighted by Crippen LogP contribution is 2.57. The van der Waals surface area contributed by atoms with E-state index in [0.29, 0.717) is 0 Å². The second-order valence-corrected chi connectivity index (χ2v) is 10.5. The molecular weight excluding hydrogens is 365 g/mol. The first-order chi connectivity index (χ1) is 12.8. The van der Waals surface area contributed by atoms with Crippen molar-refractivity contribution in [3.05, 3.63) is 83.7 Å². The van der Waals surface area contributed by atoms with Crippen molar-refractivity contribution in [2.75, 3.05) is 12.5 Å². The van der Waals surface area contributed by atoms with E-state index in [-0.39, 0.29) is 4.90 Å². The van der Waals surface area contributed by atoms with Crippen molar-refractivity contribution >= 4 is 10.0 Å². The predicted octanol–water partition coefficient (Wildman–Crippen LogP) is 7.21. The van der Waals surface area contributed by atoms with E-state index < -0.39 is 27.5 Å². The third-order valence-electron chi connectivity index (χ3n) is 4.82. The van der Waals surface area contributed by atoms with Gasteiger partial charge in [0.1, 0.15) is 0 Å². The molecule has 0 amide bonds. The molecule has 3 rings (SSSR count). The minimum Gasteiger partial charge on any atom is -0.204 e. The van der Waals surface area contributed by atoms with Gasteiger partial charge in [-0.2, -0.15) is 10.0 Å². The molecule has 142 valence electrons. The van der Waals surface area contributed by atoms with Crippen LogP contribution in [0.3, 0.4) is 0 Å². The summed E-state index contributed by atoms with van der Waals surface area (Å²) in [5, 5.41) is 0. The molecule has 27 heavy (non-hydrogen) atoms. The number of hydrogen-bond donors (Lipinski definition) is 0. The van der Waals surface area contributed by atoms with Gasteiger partial charge in [0.25, 0.3) is 0 Å². The summed E-state index contributed by atoms with van der Waals surface area (Å²) in [6, 6.07) is 18.7. The predicted molar refractivity (Wildman–Crippen MR) is 108 cm³/mol. The van der Waals surface area contributed by atoms with Crippen molar-refractivity contribution in [1.82, 2.24) is 0 Å². The second kappa shape index (κ2) is 7.81. The Balaban J connectivity index is 1.91.